The van der Waals surface area contributed by atoms with E-state index in [4.69, 9.17) is 11.6 Å². The fourth-order valence-electron chi connectivity index (χ4n) is 2.83. The second-order valence-corrected chi connectivity index (χ2v) is 5.93. The van der Waals surface area contributed by atoms with E-state index in [1.165, 1.54) is 25.7 Å². The molecule has 1 aliphatic rings. The summed E-state index contributed by atoms with van der Waals surface area (Å²) >= 11 is 6.02. The van der Waals surface area contributed by atoms with Crippen molar-refractivity contribution in [3.05, 3.63) is 5.28 Å². The number of hydrogen-bond donors (Lipinski definition) is 1. The Morgan fingerprint density at radius 3 is 2.70 bits per heavy atom. The van der Waals surface area contributed by atoms with Crippen LogP contribution in [0.1, 0.15) is 46.0 Å². The monoisotopic (exact) mass is 297 g/mol. The molecule has 20 heavy (non-hydrogen) atoms. The van der Waals surface area contributed by atoms with Crippen LogP contribution in [0.2, 0.25) is 5.28 Å². The van der Waals surface area contributed by atoms with E-state index < -0.39 is 0 Å². The van der Waals surface area contributed by atoms with E-state index in [1.54, 1.807) is 0 Å². The Morgan fingerprint density at radius 2 is 2.00 bits per heavy atom. The van der Waals surface area contributed by atoms with Crippen LogP contribution in [-0.2, 0) is 0 Å². The summed E-state index contributed by atoms with van der Waals surface area (Å²) in [7, 11) is 2.06. The van der Waals surface area contributed by atoms with Gasteiger partial charge in [0.15, 0.2) is 0 Å². The zero-order valence-corrected chi connectivity index (χ0v) is 13.3. The van der Waals surface area contributed by atoms with Crippen LogP contribution in [0.15, 0.2) is 0 Å². The summed E-state index contributed by atoms with van der Waals surface area (Å²) in [4.78, 5) is 15.1. The lowest BCUT2D eigenvalue weighted by molar-refractivity contribution is 0.319. The molecule has 0 saturated heterocycles. The molecule has 2 unspecified atom stereocenters. The van der Waals surface area contributed by atoms with Gasteiger partial charge in [-0.15, -0.1) is 0 Å². The third-order valence-electron chi connectivity index (χ3n) is 4.01. The maximum Gasteiger partial charge on any atom is 0.231 e. The molecular formula is C14H24ClN5. The second-order valence-electron chi connectivity index (χ2n) is 5.59. The molecular weight excluding hydrogens is 274 g/mol. The van der Waals surface area contributed by atoms with E-state index in [1.807, 2.05) is 0 Å². The van der Waals surface area contributed by atoms with E-state index in [9.17, 15) is 0 Å². The molecule has 5 nitrogen and oxygen atoms in total. The minimum absolute atomic E-state index is 0.254. The molecule has 1 heterocycles. The molecule has 1 saturated carbocycles. The van der Waals surface area contributed by atoms with Gasteiger partial charge in [0, 0.05) is 19.6 Å². The van der Waals surface area contributed by atoms with Gasteiger partial charge >= 0.3 is 0 Å². The van der Waals surface area contributed by atoms with E-state index >= 15 is 0 Å². The van der Waals surface area contributed by atoms with Crippen LogP contribution < -0.4 is 10.2 Å². The Bertz CT molecular complexity index is 440. The van der Waals surface area contributed by atoms with E-state index in [0.717, 1.165) is 13.0 Å². The Hall–Kier alpha value is -1.10. The van der Waals surface area contributed by atoms with Gasteiger partial charge in [-0.3, -0.25) is 0 Å². The number of hydrogen-bond acceptors (Lipinski definition) is 5. The lowest BCUT2D eigenvalue weighted by atomic mass is 9.85. The van der Waals surface area contributed by atoms with Crippen molar-refractivity contribution in [1.29, 1.82) is 0 Å². The first-order valence-electron chi connectivity index (χ1n) is 7.50. The van der Waals surface area contributed by atoms with Crippen molar-refractivity contribution in [3.63, 3.8) is 0 Å². The minimum atomic E-state index is 0.254. The third kappa shape index (κ3) is 3.72. The maximum absolute atomic E-state index is 6.02. The molecule has 1 N–H and O–H groups in total. The molecule has 2 atom stereocenters. The van der Waals surface area contributed by atoms with Gasteiger partial charge in [0.05, 0.1) is 0 Å². The number of halogens is 1. The molecule has 0 radical (unpaired) electrons. The van der Waals surface area contributed by atoms with Gasteiger partial charge < -0.3 is 10.2 Å². The molecule has 1 aromatic rings. The van der Waals surface area contributed by atoms with E-state index in [-0.39, 0.29) is 5.28 Å². The third-order valence-corrected chi connectivity index (χ3v) is 4.18. The second kappa shape index (κ2) is 7.07. The maximum atomic E-state index is 6.02. The molecule has 1 aliphatic carbocycles. The van der Waals surface area contributed by atoms with Crippen molar-refractivity contribution in [3.8, 4) is 0 Å². The van der Waals surface area contributed by atoms with Crippen LogP contribution in [0.3, 0.4) is 0 Å². The van der Waals surface area contributed by atoms with Gasteiger partial charge in [-0.25, -0.2) is 0 Å². The summed E-state index contributed by atoms with van der Waals surface area (Å²) < 4.78 is 0. The SMILES string of the molecule is CCCNc1nc(Cl)nc(N(C)C2CCCCC2C)n1. The number of aromatic nitrogens is 3. The van der Waals surface area contributed by atoms with Crippen molar-refractivity contribution >= 4 is 23.5 Å². The van der Waals surface area contributed by atoms with E-state index in [0.29, 0.717) is 23.9 Å². The molecule has 0 spiro atoms. The molecule has 112 valence electrons. The summed E-state index contributed by atoms with van der Waals surface area (Å²) in [5.41, 5.74) is 0. The van der Waals surface area contributed by atoms with Gasteiger partial charge in [-0.2, -0.15) is 15.0 Å². The molecule has 0 aliphatic heterocycles. The lowest BCUT2D eigenvalue weighted by Gasteiger charge is -2.36. The highest BCUT2D eigenvalue weighted by Crippen LogP contribution is 2.29. The van der Waals surface area contributed by atoms with Crippen molar-refractivity contribution in [2.24, 2.45) is 5.92 Å². The molecule has 0 amide bonds. The van der Waals surface area contributed by atoms with Gasteiger partial charge in [0.25, 0.3) is 0 Å². The largest absolute Gasteiger partial charge is 0.354 e. The number of rotatable bonds is 5. The quantitative estimate of drug-likeness (QED) is 0.903. The predicted octanol–water partition coefficient (Wildman–Crippen LogP) is 3.36. The highest BCUT2D eigenvalue weighted by molar-refractivity contribution is 6.28. The van der Waals surface area contributed by atoms with E-state index in [2.05, 4.69) is 46.1 Å². The summed E-state index contributed by atoms with van der Waals surface area (Å²) in [6.45, 7) is 5.25. The number of nitrogens with one attached hydrogen (secondary N) is 1. The zero-order chi connectivity index (χ0) is 14.5. The molecule has 2 rings (SSSR count). The molecule has 0 bridgehead atoms. The Kier molecular flexibility index (Phi) is 5.40. The van der Waals surface area contributed by atoms with Crippen LogP contribution in [0.4, 0.5) is 11.9 Å². The van der Waals surface area contributed by atoms with Crippen LogP contribution in [0.5, 0.6) is 0 Å². The van der Waals surface area contributed by atoms with Crippen molar-refractivity contribution in [2.45, 2.75) is 52.0 Å². The number of nitrogens with zero attached hydrogens (tertiary/aromatic N) is 4. The first-order chi connectivity index (χ1) is 9.61. The lowest BCUT2D eigenvalue weighted by Crippen LogP contribution is -2.40. The molecule has 0 aromatic carbocycles. The average molecular weight is 298 g/mol. The Morgan fingerprint density at radius 1 is 1.25 bits per heavy atom. The van der Waals surface area contributed by atoms with Crippen LogP contribution in [0, 0.1) is 5.92 Å². The van der Waals surface area contributed by atoms with Gasteiger partial charge in [-0.05, 0) is 36.8 Å². The van der Waals surface area contributed by atoms with Crippen molar-refractivity contribution < 1.29 is 0 Å². The highest BCUT2D eigenvalue weighted by Gasteiger charge is 2.27. The topological polar surface area (TPSA) is 53.9 Å². The fourth-order valence-corrected chi connectivity index (χ4v) is 2.99. The Labute approximate surface area is 126 Å². The smallest absolute Gasteiger partial charge is 0.231 e. The van der Waals surface area contributed by atoms with Crippen LogP contribution in [-0.4, -0.2) is 34.6 Å². The summed E-state index contributed by atoms with van der Waals surface area (Å²) in [6.07, 6.45) is 6.09. The fraction of sp³-hybridized carbons (Fsp3) is 0.786. The number of anilines is 2. The average Bonchev–Trinajstić information content (AvgIpc) is 2.44. The van der Waals surface area contributed by atoms with Gasteiger partial charge in [0.1, 0.15) is 0 Å². The summed E-state index contributed by atoms with van der Waals surface area (Å²) in [6, 6.07) is 0.487. The van der Waals surface area contributed by atoms with Crippen molar-refractivity contribution in [2.75, 3.05) is 23.8 Å². The first kappa shape index (κ1) is 15.3. The summed E-state index contributed by atoms with van der Waals surface area (Å²) in [5.74, 6) is 1.90. The molecule has 6 heteroatoms. The highest BCUT2D eigenvalue weighted by atomic mass is 35.5. The minimum Gasteiger partial charge on any atom is -0.354 e. The normalized spacial score (nSPS) is 22.6. The Balaban J connectivity index is 2.15. The van der Waals surface area contributed by atoms with Gasteiger partial charge in [0.2, 0.25) is 17.2 Å². The predicted molar refractivity (Wildman–Crippen MR) is 83.4 cm³/mol. The van der Waals surface area contributed by atoms with Crippen LogP contribution in [0.25, 0.3) is 0 Å². The first-order valence-corrected chi connectivity index (χ1v) is 7.88. The van der Waals surface area contributed by atoms with Gasteiger partial charge in [-0.1, -0.05) is 26.7 Å². The van der Waals surface area contributed by atoms with Crippen LogP contribution >= 0.6 is 11.6 Å². The van der Waals surface area contributed by atoms with Crippen molar-refractivity contribution in [1.82, 2.24) is 15.0 Å². The molecule has 1 aromatic heterocycles. The summed E-state index contributed by atoms with van der Waals surface area (Å²) in [5, 5.41) is 3.42. The standard InChI is InChI=1S/C14H24ClN5/c1-4-9-16-13-17-12(15)18-14(19-13)20(3)11-8-6-5-7-10(11)2/h10-11H,4-9H2,1-3H3,(H,16,17,18,19). The zero-order valence-electron chi connectivity index (χ0n) is 12.6. The molecule has 1 fully saturated rings.